The van der Waals surface area contributed by atoms with E-state index >= 15 is 0 Å². The van der Waals surface area contributed by atoms with Crippen molar-refractivity contribution in [1.29, 1.82) is 0 Å². The van der Waals surface area contributed by atoms with Crippen LogP contribution in [-0.4, -0.2) is 0 Å². The van der Waals surface area contributed by atoms with Gasteiger partial charge < -0.3 is 0 Å². The SMILES string of the molecule is C=C=Cc1cc(C(C)(C)C)ccc1C(C)(C)C. The molecule has 1 rings (SSSR count). The van der Waals surface area contributed by atoms with E-state index in [1.54, 1.807) is 0 Å². The third-order valence-corrected chi connectivity index (χ3v) is 2.98. The Morgan fingerprint density at radius 2 is 1.59 bits per heavy atom. The second-order valence-electron chi connectivity index (χ2n) is 6.65. The first-order valence-corrected chi connectivity index (χ1v) is 6.17. The van der Waals surface area contributed by atoms with Crippen LogP contribution in [0.3, 0.4) is 0 Å². The van der Waals surface area contributed by atoms with Crippen LogP contribution in [0.25, 0.3) is 6.08 Å². The summed E-state index contributed by atoms with van der Waals surface area (Å²) >= 11 is 0. The Kier molecular flexibility index (Phi) is 3.69. The van der Waals surface area contributed by atoms with Crippen LogP contribution < -0.4 is 0 Å². The zero-order valence-corrected chi connectivity index (χ0v) is 12.0. The summed E-state index contributed by atoms with van der Waals surface area (Å²) < 4.78 is 0. The zero-order valence-electron chi connectivity index (χ0n) is 12.0. The summed E-state index contributed by atoms with van der Waals surface area (Å²) in [5.41, 5.74) is 7.17. The fraction of sp³-hybridized carbons (Fsp3) is 0.471. The molecule has 0 aliphatic rings. The highest BCUT2D eigenvalue weighted by atomic mass is 14.2. The molecule has 92 valence electrons. The minimum Gasteiger partial charge on any atom is -0.128 e. The molecule has 0 amide bonds. The van der Waals surface area contributed by atoms with Crippen molar-refractivity contribution in [3.05, 3.63) is 47.2 Å². The molecular formula is C17H24. The molecule has 0 spiro atoms. The molecule has 0 N–H and O–H groups in total. The van der Waals surface area contributed by atoms with E-state index in [0.717, 1.165) is 0 Å². The fourth-order valence-corrected chi connectivity index (χ4v) is 1.94. The van der Waals surface area contributed by atoms with Gasteiger partial charge in [0.05, 0.1) is 0 Å². The highest BCUT2D eigenvalue weighted by Gasteiger charge is 2.20. The molecule has 0 aliphatic heterocycles. The van der Waals surface area contributed by atoms with Gasteiger partial charge in [0.25, 0.3) is 0 Å². The topological polar surface area (TPSA) is 0 Å². The molecule has 0 unspecified atom stereocenters. The van der Waals surface area contributed by atoms with E-state index in [4.69, 9.17) is 0 Å². The van der Waals surface area contributed by atoms with Crippen molar-refractivity contribution in [3.63, 3.8) is 0 Å². The average molecular weight is 228 g/mol. The molecule has 0 heteroatoms. The molecule has 1 aromatic rings. The van der Waals surface area contributed by atoms with Crippen molar-refractivity contribution >= 4 is 6.08 Å². The number of hydrogen-bond donors (Lipinski definition) is 0. The van der Waals surface area contributed by atoms with Crippen molar-refractivity contribution in [2.24, 2.45) is 0 Å². The predicted molar refractivity (Wildman–Crippen MR) is 77.4 cm³/mol. The van der Waals surface area contributed by atoms with Gasteiger partial charge in [-0.3, -0.25) is 0 Å². The van der Waals surface area contributed by atoms with E-state index in [0.29, 0.717) is 0 Å². The second kappa shape index (κ2) is 4.55. The molecule has 0 fully saturated rings. The number of rotatable bonds is 1. The van der Waals surface area contributed by atoms with Gasteiger partial charge in [-0.1, -0.05) is 66.3 Å². The predicted octanol–water partition coefficient (Wildman–Crippen LogP) is 5.08. The molecule has 0 bridgehead atoms. The van der Waals surface area contributed by atoms with Crippen LogP contribution >= 0.6 is 0 Å². The number of hydrogen-bond acceptors (Lipinski definition) is 0. The largest absolute Gasteiger partial charge is 0.128 e. The van der Waals surface area contributed by atoms with Crippen LogP contribution in [0.1, 0.15) is 58.2 Å². The molecular weight excluding hydrogens is 204 g/mol. The Morgan fingerprint density at radius 3 is 2.00 bits per heavy atom. The highest BCUT2D eigenvalue weighted by Crippen LogP contribution is 2.31. The first kappa shape index (κ1) is 13.8. The van der Waals surface area contributed by atoms with Crippen LogP contribution in [0, 0.1) is 0 Å². The summed E-state index contributed by atoms with van der Waals surface area (Å²) in [6.45, 7) is 17.1. The van der Waals surface area contributed by atoms with Crippen molar-refractivity contribution in [2.45, 2.75) is 52.4 Å². The smallest absolute Gasteiger partial charge is 0.0126 e. The lowest BCUT2D eigenvalue weighted by molar-refractivity contribution is 0.576. The normalized spacial score (nSPS) is 12.1. The van der Waals surface area contributed by atoms with E-state index in [1.807, 2.05) is 6.08 Å². The van der Waals surface area contributed by atoms with Crippen LogP contribution in [0.5, 0.6) is 0 Å². The Morgan fingerprint density at radius 1 is 1.00 bits per heavy atom. The molecule has 0 radical (unpaired) electrons. The summed E-state index contributed by atoms with van der Waals surface area (Å²) in [6.07, 6.45) is 1.98. The average Bonchev–Trinajstić information content (AvgIpc) is 2.15. The van der Waals surface area contributed by atoms with Gasteiger partial charge in [-0.25, -0.2) is 0 Å². The molecule has 0 heterocycles. The molecule has 17 heavy (non-hydrogen) atoms. The summed E-state index contributed by atoms with van der Waals surface area (Å²) in [4.78, 5) is 0. The van der Waals surface area contributed by atoms with E-state index in [9.17, 15) is 0 Å². The summed E-state index contributed by atoms with van der Waals surface area (Å²) in [7, 11) is 0. The lowest BCUT2D eigenvalue weighted by atomic mass is 9.79. The molecule has 0 nitrogen and oxygen atoms in total. The van der Waals surface area contributed by atoms with Gasteiger partial charge in [-0.15, -0.1) is 5.73 Å². The minimum atomic E-state index is 0.152. The Labute approximate surface area is 106 Å². The van der Waals surface area contributed by atoms with E-state index in [1.165, 1.54) is 16.7 Å². The maximum absolute atomic E-state index is 3.69. The first-order valence-electron chi connectivity index (χ1n) is 6.17. The van der Waals surface area contributed by atoms with Crippen molar-refractivity contribution in [3.8, 4) is 0 Å². The van der Waals surface area contributed by atoms with E-state index in [2.05, 4.69) is 72.1 Å². The van der Waals surface area contributed by atoms with E-state index in [-0.39, 0.29) is 10.8 Å². The van der Waals surface area contributed by atoms with Crippen molar-refractivity contribution in [2.75, 3.05) is 0 Å². The molecule has 0 aromatic heterocycles. The maximum Gasteiger partial charge on any atom is -0.0126 e. The summed E-state index contributed by atoms with van der Waals surface area (Å²) in [5.74, 6) is 0. The fourth-order valence-electron chi connectivity index (χ4n) is 1.94. The van der Waals surface area contributed by atoms with Gasteiger partial charge in [-0.2, -0.15) is 0 Å². The van der Waals surface area contributed by atoms with Crippen molar-refractivity contribution < 1.29 is 0 Å². The molecule has 0 aliphatic carbocycles. The monoisotopic (exact) mass is 228 g/mol. The van der Waals surface area contributed by atoms with Gasteiger partial charge >= 0.3 is 0 Å². The molecule has 1 aromatic carbocycles. The molecule has 0 saturated carbocycles. The minimum absolute atomic E-state index is 0.152. The third-order valence-electron chi connectivity index (χ3n) is 2.98. The zero-order chi connectivity index (χ0) is 13.3. The van der Waals surface area contributed by atoms with Gasteiger partial charge in [0.15, 0.2) is 0 Å². The Bertz CT molecular complexity index is 444. The molecule has 0 saturated heterocycles. The van der Waals surface area contributed by atoms with Crippen LogP contribution in [0.15, 0.2) is 30.5 Å². The second-order valence-corrected chi connectivity index (χ2v) is 6.65. The van der Waals surface area contributed by atoms with Crippen LogP contribution in [0.4, 0.5) is 0 Å². The number of benzene rings is 1. The highest BCUT2D eigenvalue weighted by molar-refractivity contribution is 5.57. The van der Waals surface area contributed by atoms with Gasteiger partial charge in [-0.05, 0) is 33.6 Å². The lowest BCUT2D eigenvalue weighted by Crippen LogP contribution is -2.16. The Balaban J connectivity index is 3.43. The standard InChI is InChI=1S/C17H24/c1-8-9-13-12-14(16(2,3)4)10-11-15(13)17(5,6)7/h9-12H,1H2,2-7H3. The lowest BCUT2D eigenvalue weighted by Gasteiger charge is -2.25. The van der Waals surface area contributed by atoms with Crippen LogP contribution in [-0.2, 0) is 10.8 Å². The molecule has 0 atom stereocenters. The van der Waals surface area contributed by atoms with Gasteiger partial charge in [0.1, 0.15) is 0 Å². The third kappa shape index (κ3) is 3.35. The Hall–Kier alpha value is -1.26. The van der Waals surface area contributed by atoms with Gasteiger partial charge in [0.2, 0.25) is 0 Å². The summed E-state index contributed by atoms with van der Waals surface area (Å²) in [6, 6.07) is 6.74. The van der Waals surface area contributed by atoms with Crippen molar-refractivity contribution in [1.82, 2.24) is 0 Å². The van der Waals surface area contributed by atoms with Gasteiger partial charge in [0, 0.05) is 0 Å². The first-order chi connectivity index (χ1) is 7.66. The summed E-state index contributed by atoms with van der Waals surface area (Å²) in [5, 5.41) is 0. The van der Waals surface area contributed by atoms with E-state index < -0.39 is 0 Å². The quantitative estimate of drug-likeness (QED) is 0.588. The maximum atomic E-state index is 3.69. The van der Waals surface area contributed by atoms with Crippen LogP contribution in [0.2, 0.25) is 0 Å².